The Morgan fingerprint density at radius 2 is 2.05 bits per heavy atom. The molecule has 106 valence electrons. The number of hydrogen-bond acceptors (Lipinski definition) is 4. The van der Waals surface area contributed by atoms with E-state index in [0.717, 1.165) is 22.4 Å². The normalized spacial score (nSPS) is 17.0. The average molecular weight is 320 g/mol. The summed E-state index contributed by atoms with van der Waals surface area (Å²) in [5.41, 5.74) is 0.462. The topological polar surface area (TPSA) is 50.5 Å². The van der Waals surface area contributed by atoms with Crippen molar-refractivity contribution in [2.24, 2.45) is 0 Å². The standard InChI is InChI=1S/C15H10ClNO3S/c1-9-5-6-12(20-9)8-13-14(18)17(15(19)21-13)11-4-2-3-10(16)7-11/h2-8H,1H3/b13-8-. The number of hydrogen-bond donors (Lipinski definition) is 0. The van der Waals surface area contributed by atoms with E-state index in [4.69, 9.17) is 16.0 Å². The minimum atomic E-state index is -0.374. The lowest BCUT2D eigenvalue weighted by atomic mass is 10.3. The van der Waals surface area contributed by atoms with Crippen LogP contribution in [0.3, 0.4) is 0 Å². The van der Waals surface area contributed by atoms with E-state index >= 15 is 0 Å². The minimum Gasteiger partial charge on any atom is -0.462 e. The van der Waals surface area contributed by atoms with Gasteiger partial charge in [0.25, 0.3) is 11.1 Å². The van der Waals surface area contributed by atoms with E-state index in [1.54, 1.807) is 42.5 Å². The zero-order valence-electron chi connectivity index (χ0n) is 11.0. The Morgan fingerprint density at radius 3 is 2.71 bits per heavy atom. The molecule has 1 aliphatic heterocycles. The second-order valence-corrected chi connectivity index (χ2v) is 5.88. The molecule has 1 aromatic heterocycles. The maximum absolute atomic E-state index is 12.4. The highest BCUT2D eigenvalue weighted by molar-refractivity contribution is 8.19. The van der Waals surface area contributed by atoms with Gasteiger partial charge in [0, 0.05) is 11.1 Å². The van der Waals surface area contributed by atoms with E-state index in [9.17, 15) is 9.59 Å². The minimum absolute atomic E-state index is 0.328. The van der Waals surface area contributed by atoms with Crippen LogP contribution in [0.2, 0.25) is 5.02 Å². The summed E-state index contributed by atoms with van der Waals surface area (Å²) >= 11 is 6.78. The van der Waals surface area contributed by atoms with Gasteiger partial charge in [-0.2, -0.15) is 0 Å². The van der Waals surface area contributed by atoms with Crippen LogP contribution in [0.1, 0.15) is 11.5 Å². The van der Waals surface area contributed by atoms with Crippen molar-refractivity contribution in [1.29, 1.82) is 0 Å². The molecule has 0 spiro atoms. The molecule has 1 aliphatic rings. The van der Waals surface area contributed by atoms with Gasteiger partial charge in [-0.15, -0.1) is 0 Å². The molecular formula is C15H10ClNO3S. The molecule has 0 aliphatic carbocycles. The maximum atomic E-state index is 12.4. The van der Waals surface area contributed by atoms with Gasteiger partial charge < -0.3 is 4.42 Å². The van der Waals surface area contributed by atoms with Gasteiger partial charge in [0.15, 0.2) is 0 Å². The van der Waals surface area contributed by atoms with Crippen molar-refractivity contribution in [1.82, 2.24) is 0 Å². The van der Waals surface area contributed by atoms with Crippen molar-refractivity contribution < 1.29 is 14.0 Å². The molecule has 4 nitrogen and oxygen atoms in total. The van der Waals surface area contributed by atoms with Crippen LogP contribution in [0.25, 0.3) is 6.08 Å². The predicted molar refractivity (Wildman–Crippen MR) is 83.3 cm³/mol. The number of anilines is 1. The number of carbonyl (C=O) groups excluding carboxylic acids is 2. The van der Waals surface area contributed by atoms with Crippen LogP contribution in [-0.2, 0) is 4.79 Å². The maximum Gasteiger partial charge on any atom is 0.298 e. The molecule has 2 aromatic rings. The largest absolute Gasteiger partial charge is 0.462 e. The highest BCUT2D eigenvalue weighted by atomic mass is 35.5. The molecule has 0 saturated carbocycles. The second kappa shape index (κ2) is 5.42. The Balaban J connectivity index is 1.94. The van der Waals surface area contributed by atoms with Crippen LogP contribution in [0.4, 0.5) is 10.5 Å². The van der Waals surface area contributed by atoms with Crippen molar-refractivity contribution in [2.45, 2.75) is 6.92 Å². The second-order valence-electron chi connectivity index (χ2n) is 4.45. The van der Waals surface area contributed by atoms with Crippen molar-refractivity contribution in [3.63, 3.8) is 0 Å². The first kappa shape index (κ1) is 14.0. The lowest BCUT2D eigenvalue weighted by Gasteiger charge is -2.12. The van der Waals surface area contributed by atoms with Gasteiger partial charge in [-0.1, -0.05) is 17.7 Å². The van der Waals surface area contributed by atoms with Crippen LogP contribution >= 0.6 is 23.4 Å². The van der Waals surface area contributed by atoms with Gasteiger partial charge in [-0.3, -0.25) is 9.59 Å². The molecular weight excluding hydrogens is 310 g/mol. The van der Waals surface area contributed by atoms with Crippen LogP contribution in [0, 0.1) is 6.92 Å². The lowest BCUT2D eigenvalue weighted by molar-refractivity contribution is -0.113. The number of aryl methyl sites for hydroxylation is 1. The van der Waals surface area contributed by atoms with Crippen molar-refractivity contribution >= 4 is 46.3 Å². The van der Waals surface area contributed by atoms with Crippen LogP contribution in [0.15, 0.2) is 45.7 Å². The molecule has 0 N–H and O–H groups in total. The molecule has 6 heteroatoms. The molecule has 0 atom stereocenters. The van der Waals surface area contributed by atoms with Gasteiger partial charge in [0.1, 0.15) is 11.5 Å². The number of rotatable bonds is 2. The summed E-state index contributed by atoms with van der Waals surface area (Å²) in [6.45, 7) is 1.81. The monoisotopic (exact) mass is 319 g/mol. The fourth-order valence-electron chi connectivity index (χ4n) is 1.97. The zero-order valence-corrected chi connectivity index (χ0v) is 12.6. The zero-order chi connectivity index (χ0) is 15.0. The summed E-state index contributed by atoms with van der Waals surface area (Å²) in [5.74, 6) is 0.917. The van der Waals surface area contributed by atoms with Crippen LogP contribution < -0.4 is 4.90 Å². The quantitative estimate of drug-likeness (QED) is 0.766. The molecule has 2 amide bonds. The van der Waals surface area contributed by atoms with E-state index in [1.165, 1.54) is 0 Å². The van der Waals surface area contributed by atoms with Gasteiger partial charge >= 0.3 is 0 Å². The Bertz CT molecular complexity index is 766. The van der Waals surface area contributed by atoms with E-state index in [1.807, 2.05) is 6.92 Å². The molecule has 0 bridgehead atoms. The summed E-state index contributed by atoms with van der Waals surface area (Å²) in [4.78, 5) is 25.9. The van der Waals surface area contributed by atoms with E-state index < -0.39 is 0 Å². The molecule has 1 fully saturated rings. The lowest BCUT2D eigenvalue weighted by Crippen LogP contribution is -2.27. The smallest absolute Gasteiger partial charge is 0.298 e. The number of halogens is 1. The molecule has 2 heterocycles. The van der Waals surface area contributed by atoms with Crippen molar-refractivity contribution in [3.05, 3.63) is 57.8 Å². The van der Waals surface area contributed by atoms with Gasteiger partial charge in [-0.05, 0) is 49.0 Å². The number of nitrogens with zero attached hydrogens (tertiary/aromatic N) is 1. The third kappa shape index (κ3) is 2.75. The number of amides is 2. The number of carbonyl (C=O) groups is 2. The van der Waals surface area contributed by atoms with Crippen LogP contribution in [-0.4, -0.2) is 11.1 Å². The Morgan fingerprint density at radius 1 is 1.24 bits per heavy atom. The summed E-state index contributed by atoms with van der Waals surface area (Å²) in [7, 11) is 0. The number of benzene rings is 1. The van der Waals surface area contributed by atoms with E-state index in [2.05, 4.69) is 0 Å². The first-order chi connectivity index (χ1) is 10.0. The summed E-state index contributed by atoms with van der Waals surface area (Å²) in [6.07, 6.45) is 1.57. The first-order valence-corrected chi connectivity index (χ1v) is 7.34. The van der Waals surface area contributed by atoms with Gasteiger partial charge in [0.2, 0.25) is 0 Å². The number of imide groups is 1. The third-order valence-corrected chi connectivity index (χ3v) is 4.00. The SMILES string of the molecule is Cc1ccc(/C=C2\SC(=O)N(c3cccc(Cl)c3)C2=O)o1. The third-order valence-electron chi connectivity index (χ3n) is 2.89. The Kier molecular flexibility index (Phi) is 3.61. The summed E-state index contributed by atoms with van der Waals surface area (Å²) in [6, 6.07) is 10.2. The number of thioether (sulfide) groups is 1. The highest BCUT2D eigenvalue weighted by Crippen LogP contribution is 2.36. The molecule has 1 saturated heterocycles. The molecule has 0 unspecified atom stereocenters. The van der Waals surface area contributed by atoms with Crippen molar-refractivity contribution in [2.75, 3.05) is 4.90 Å². The fourth-order valence-corrected chi connectivity index (χ4v) is 2.97. The van der Waals surface area contributed by atoms with Crippen molar-refractivity contribution in [3.8, 4) is 0 Å². The molecule has 0 radical (unpaired) electrons. The van der Waals surface area contributed by atoms with Gasteiger partial charge in [0.05, 0.1) is 10.6 Å². The summed E-state index contributed by atoms with van der Waals surface area (Å²) < 4.78 is 5.40. The van der Waals surface area contributed by atoms with E-state index in [-0.39, 0.29) is 11.1 Å². The van der Waals surface area contributed by atoms with Crippen LogP contribution in [0.5, 0.6) is 0 Å². The molecule has 21 heavy (non-hydrogen) atoms. The fraction of sp³-hybridized carbons (Fsp3) is 0.0667. The van der Waals surface area contributed by atoms with E-state index in [0.29, 0.717) is 21.4 Å². The molecule has 1 aromatic carbocycles. The Hall–Kier alpha value is -1.98. The Labute approximate surface area is 130 Å². The number of furan rings is 1. The molecule has 3 rings (SSSR count). The first-order valence-electron chi connectivity index (χ1n) is 6.14. The van der Waals surface area contributed by atoms with Gasteiger partial charge in [-0.25, -0.2) is 4.90 Å². The summed E-state index contributed by atoms with van der Waals surface area (Å²) in [5, 5.41) is 0.119. The average Bonchev–Trinajstić information content (AvgIpc) is 2.94. The highest BCUT2D eigenvalue weighted by Gasteiger charge is 2.36. The predicted octanol–water partition coefficient (Wildman–Crippen LogP) is 4.48.